The monoisotopic (exact) mass is 377 g/mol. The fourth-order valence-electron chi connectivity index (χ4n) is 2.47. The normalized spacial score (nSPS) is 10.7. The van der Waals surface area contributed by atoms with Crippen molar-refractivity contribution in [2.45, 2.75) is 13.2 Å². The van der Waals surface area contributed by atoms with Crippen LogP contribution in [0, 0.1) is 0 Å². The third-order valence-corrected chi connectivity index (χ3v) is 4.34. The Bertz CT molecular complexity index is 905. The van der Waals surface area contributed by atoms with Crippen LogP contribution in [0.4, 0.5) is 0 Å². The average molecular weight is 378 g/mol. The van der Waals surface area contributed by atoms with Crippen LogP contribution >= 0.6 is 11.6 Å². The molecule has 0 fully saturated rings. The maximum atomic E-state index is 12.0. The van der Waals surface area contributed by atoms with Gasteiger partial charge in [-0.15, -0.1) is 0 Å². The van der Waals surface area contributed by atoms with Gasteiger partial charge in [0.25, 0.3) is 0 Å². The van der Waals surface area contributed by atoms with Gasteiger partial charge >= 0.3 is 0 Å². The highest BCUT2D eigenvalue weighted by Gasteiger charge is 2.01. The molecule has 0 heterocycles. The van der Waals surface area contributed by atoms with Crippen LogP contribution in [-0.2, 0) is 17.9 Å². The van der Waals surface area contributed by atoms with E-state index in [0.29, 0.717) is 18.2 Å². The number of ether oxygens (including phenoxy) is 1. The van der Waals surface area contributed by atoms with Gasteiger partial charge in [0.15, 0.2) is 0 Å². The molecule has 3 aromatic carbocycles. The molecule has 0 aliphatic carbocycles. The van der Waals surface area contributed by atoms with Crippen molar-refractivity contribution < 1.29 is 9.53 Å². The Morgan fingerprint density at radius 1 is 0.926 bits per heavy atom. The van der Waals surface area contributed by atoms with Crippen LogP contribution < -0.4 is 10.1 Å². The highest BCUT2D eigenvalue weighted by molar-refractivity contribution is 6.31. The highest BCUT2D eigenvalue weighted by atomic mass is 35.5. The molecular formula is C23H20ClNO2. The third-order valence-electron chi connectivity index (χ3n) is 3.97. The molecule has 0 bridgehead atoms. The Morgan fingerprint density at radius 2 is 1.63 bits per heavy atom. The highest BCUT2D eigenvalue weighted by Crippen LogP contribution is 2.16. The summed E-state index contributed by atoms with van der Waals surface area (Å²) in [5.74, 6) is 0.624. The summed E-state index contributed by atoms with van der Waals surface area (Å²) in [5.41, 5.74) is 2.94. The van der Waals surface area contributed by atoms with E-state index in [9.17, 15) is 4.79 Å². The molecule has 0 spiro atoms. The van der Waals surface area contributed by atoms with Crippen LogP contribution in [0.1, 0.15) is 16.7 Å². The maximum Gasteiger partial charge on any atom is 0.244 e. The van der Waals surface area contributed by atoms with Crippen LogP contribution in [-0.4, -0.2) is 5.91 Å². The van der Waals surface area contributed by atoms with Gasteiger partial charge in [-0.1, -0.05) is 72.3 Å². The molecular weight excluding hydrogens is 358 g/mol. The van der Waals surface area contributed by atoms with Gasteiger partial charge < -0.3 is 10.1 Å². The van der Waals surface area contributed by atoms with Gasteiger partial charge in [0.1, 0.15) is 12.4 Å². The summed E-state index contributed by atoms with van der Waals surface area (Å²) in [6.45, 7) is 0.926. The number of amides is 1. The first-order valence-electron chi connectivity index (χ1n) is 8.67. The lowest BCUT2D eigenvalue weighted by Crippen LogP contribution is -2.20. The molecule has 3 rings (SSSR count). The summed E-state index contributed by atoms with van der Waals surface area (Å²) in [7, 11) is 0. The Labute approximate surface area is 164 Å². The molecule has 1 N–H and O–H groups in total. The number of nitrogens with one attached hydrogen (secondary N) is 1. The van der Waals surface area contributed by atoms with Gasteiger partial charge in [-0.05, 0) is 41.0 Å². The fourth-order valence-corrected chi connectivity index (χ4v) is 2.67. The van der Waals surface area contributed by atoms with E-state index in [4.69, 9.17) is 16.3 Å². The van der Waals surface area contributed by atoms with Crippen molar-refractivity contribution in [2.24, 2.45) is 0 Å². The van der Waals surface area contributed by atoms with Gasteiger partial charge in [-0.3, -0.25) is 4.79 Å². The van der Waals surface area contributed by atoms with Crippen LogP contribution in [0.15, 0.2) is 84.9 Å². The van der Waals surface area contributed by atoms with E-state index in [-0.39, 0.29) is 5.91 Å². The zero-order valence-corrected chi connectivity index (χ0v) is 15.5. The number of hydrogen-bond donors (Lipinski definition) is 1. The number of benzene rings is 3. The topological polar surface area (TPSA) is 38.3 Å². The molecule has 27 heavy (non-hydrogen) atoms. The molecule has 0 aromatic heterocycles. The summed E-state index contributed by atoms with van der Waals surface area (Å²) >= 11 is 6.08. The lowest BCUT2D eigenvalue weighted by atomic mass is 10.2. The number of carbonyl (C=O) groups excluding carboxylic acids is 1. The lowest BCUT2D eigenvalue weighted by Gasteiger charge is -2.06. The zero-order chi connectivity index (χ0) is 18.9. The maximum absolute atomic E-state index is 12.0. The zero-order valence-electron chi connectivity index (χ0n) is 14.8. The Morgan fingerprint density at radius 3 is 2.37 bits per heavy atom. The predicted octanol–water partition coefficient (Wildman–Crippen LogP) is 5.25. The van der Waals surface area contributed by atoms with E-state index in [1.54, 1.807) is 12.1 Å². The molecule has 136 valence electrons. The first-order valence-corrected chi connectivity index (χ1v) is 9.04. The minimum atomic E-state index is -0.167. The first kappa shape index (κ1) is 18.7. The molecule has 0 unspecified atom stereocenters. The first-order chi connectivity index (χ1) is 13.2. The number of halogens is 1. The summed E-state index contributed by atoms with van der Waals surface area (Å²) in [6.07, 6.45) is 3.28. The van der Waals surface area contributed by atoms with Crippen LogP contribution in [0.3, 0.4) is 0 Å². The molecule has 3 aromatic rings. The SMILES string of the molecule is O=C(/C=C/c1ccc(OCc2ccccc2)cc1)NCc1ccccc1Cl. The van der Waals surface area contributed by atoms with E-state index in [0.717, 1.165) is 22.4 Å². The van der Waals surface area contributed by atoms with Gasteiger partial charge in [-0.25, -0.2) is 0 Å². The second kappa shape index (κ2) is 9.60. The molecule has 0 aliphatic heterocycles. The third kappa shape index (κ3) is 6.01. The standard InChI is InChI=1S/C23H20ClNO2/c24-22-9-5-4-8-20(22)16-25-23(26)15-12-18-10-13-21(14-11-18)27-17-19-6-2-1-3-7-19/h1-15H,16-17H2,(H,25,26)/b15-12+. The summed E-state index contributed by atoms with van der Waals surface area (Å²) in [6, 6.07) is 25.1. The fraction of sp³-hybridized carbons (Fsp3) is 0.0870. The van der Waals surface area contributed by atoms with E-state index in [2.05, 4.69) is 5.32 Å². The van der Waals surface area contributed by atoms with Crippen molar-refractivity contribution in [2.75, 3.05) is 0 Å². The van der Waals surface area contributed by atoms with Crippen LogP contribution in [0.5, 0.6) is 5.75 Å². The quantitative estimate of drug-likeness (QED) is 0.571. The second-order valence-corrected chi connectivity index (χ2v) is 6.39. The van der Waals surface area contributed by atoms with Gasteiger partial charge in [-0.2, -0.15) is 0 Å². The molecule has 0 radical (unpaired) electrons. The van der Waals surface area contributed by atoms with Crippen molar-refractivity contribution in [1.29, 1.82) is 0 Å². The summed E-state index contributed by atoms with van der Waals surface area (Å²) in [5, 5.41) is 3.47. The van der Waals surface area contributed by atoms with E-state index >= 15 is 0 Å². The average Bonchev–Trinajstić information content (AvgIpc) is 2.71. The lowest BCUT2D eigenvalue weighted by molar-refractivity contribution is -0.116. The van der Waals surface area contributed by atoms with E-state index in [1.165, 1.54) is 6.08 Å². The number of rotatable bonds is 7. The van der Waals surface area contributed by atoms with E-state index in [1.807, 2.05) is 72.8 Å². The Hall–Kier alpha value is -3.04. The molecule has 3 nitrogen and oxygen atoms in total. The van der Waals surface area contributed by atoms with Crippen molar-refractivity contribution >= 4 is 23.6 Å². The molecule has 0 saturated carbocycles. The smallest absolute Gasteiger partial charge is 0.244 e. The van der Waals surface area contributed by atoms with Gasteiger partial charge in [0, 0.05) is 17.6 Å². The minimum absolute atomic E-state index is 0.167. The van der Waals surface area contributed by atoms with Crippen LogP contribution in [0.2, 0.25) is 5.02 Å². The second-order valence-electron chi connectivity index (χ2n) is 5.99. The van der Waals surface area contributed by atoms with Gasteiger partial charge in [0.05, 0.1) is 0 Å². The van der Waals surface area contributed by atoms with Crippen molar-refractivity contribution in [3.63, 3.8) is 0 Å². The molecule has 0 aliphatic rings. The molecule has 1 amide bonds. The van der Waals surface area contributed by atoms with Crippen molar-refractivity contribution in [1.82, 2.24) is 5.32 Å². The summed E-state index contributed by atoms with van der Waals surface area (Å²) in [4.78, 5) is 12.0. The summed E-state index contributed by atoms with van der Waals surface area (Å²) < 4.78 is 5.76. The van der Waals surface area contributed by atoms with Crippen molar-refractivity contribution in [3.05, 3.63) is 107 Å². The van der Waals surface area contributed by atoms with Crippen LogP contribution in [0.25, 0.3) is 6.08 Å². The van der Waals surface area contributed by atoms with Gasteiger partial charge in [0.2, 0.25) is 5.91 Å². The van der Waals surface area contributed by atoms with Crippen molar-refractivity contribution in [3.8, 4) is 5.75 Å². The van der Waals surface area contributed by atoms with E-state index < -0.39 is 0 Å². The molecule has 4 heteroatoms. The molecule has 0 atom stereocenters. The number of carbonyl (C=O) groups is 1. The Balaban J connectivity index is 1.48. The molecule has 0 saturated heterocycles. The Kier molecular flexibility index (Phi) is 6.66. The minimum Gasteiger partial charge on any atom is -0.489 e. The number of hydrogen-bond acceptors (Lipinski definition) is 2. The largest absolute Gasteiger partial charge is 0.489 e. The predicted molar refractivity (Wildman–Crippen MR) is 110 cm³/mol.